The van der Waals surface area contributed by atoms with Crippen LogP contribution in [0.3, 0.4) is 0 Å². The molecule has 0 saturated heterocycles. The standard InChI is InChI=1S/C13H16O2/c1-12(2)9-6-7-11(14)13(12,15)10-5-3-4-8(9)10/h3,5-10,15H,4H2,1-2H3/t8-,9+,10-,13-/m0/s1. The lowest BCUT2D eigenvalue weighted by Gasteiger charge is -2.41. The third-order valence-corrected chi connectivity index (χ3v) is 4.80. The predicted octanol–water partition coefficient (Wildman–Crippen LogP) is 1.70. The fraction of sp³-hybridized carbons (Fsp3) is 0.615. The topological polar surface area (TPSA) is 37.3 Å². The van der Waals surface area contributed by atoms with E-state index in [2.05, 4.69) is 6.08 Å². The molecule has 2 nitrogen and oxygen atoms in total. The van der Waals surface area contributed by atoms with Crippen LogP contribution in [0.4, 0.5) is 0 Å². The molecule has 1 fully saturated rings. The summed E-state index contributed by atoms with van der Waals surface area (Å²) < 4.78 is 0. The molecule has 1 N–H and O–H groups in total. The van der Waals surface area contributed by atoms with E-state index < -0.39 is 5.60 Å². The summed E-state index contributed by atoms with van der Waals surface area (Å²) in [6.07, 6.45) is 8.74. The number of aliphatic hydroxyl groups is 1. The molecule has 2 bridgehead atoms. The highest BCUT2D eigenvalue weighted by atomic mass is 16.3. The second kappa shape index (κ2) is 2.43. The van der Waals surface area contributed by atoms with Gasteiger partial charge in [-0.05, 0) is 24.3 Å². The van der Waals surface area contributed by atoms with Crippen molar-refractivity contribution in [2.45, 2.75) is 25.9 Å². The van der Waals surface area contributed by atoms with Crippen molar-refractivity contribution in [3.05, 3.63) is 24.3 Å². The molecule has 80 valence electrons. The number of hydrogen-bond donors (Lipinski definition) is 1. The zero-order chi connectivity index (χ0) is 10.8. The Labute approximate surface area is 89.7 Å². The smallest absolute Gasteiger partial charge is 0.188 e. The van der Waals surface area contributed by atoms with E-state index >= 15 is 0 Å². The van der Waals surface area contributed by atoms with Crippen LogP contribution < -0.4 is 0 Å². The maximum Gasteiger partial charge on any atom is 0.188 e. The van der Waals surface area contributed by atoms with Crippen LogP contribution in [-0.4, -0.2) is 16.5 Å². The first kappa shape index (κ1) is 9.34. The second-order valence-electron chi connectivity index (χ2n) is 5.59. The number of carbonyl (C=O) groups excluding carboxylic acids is 1. The maximum atomic E-state index is 12.0. The lowest BCUT2D eigenvalue weighted by atomic mass is 9.65. The average Bonchev–Trinajstić information content (AvgIpc) is 2.65. The average molecular weight is 204 g/mol. The van der Waals surface area contributed by atoms with Gasteiger partial charge in [0, 0.05) is 11.3 Å². The van der Waals surface area contributed by atoms with Gasteiger partial charge in [-0.3, -0.25) is 4.79 Å². The van der Waals surface area contributed by atoms with Crippen LogP contribution in [0.25, 0.3) is 0 Å². The van der Waals surface area contributed by atoms with Gasteiger partial charge < -0.3 is 5.11 Å². The third kappa shape index (κ3) is 0.795. The van der Waals surface area contributed by atoms with Crippen molar-refractivity contribution in [3.63, 3.8) is 0 Å². The van der Waals surface area contributed by atoms with Gasteiger partial charge >= 0.3 is 0 Å². The van der Waals surface area contributed by atoms with Crippen molar-refractivity contribution in [3.8, 4) is 0 Å². The fourth-order valence-electron chi connectivity index (χ4n) is 3.89. The molecule has 1 saturated carbocycles. The normalized spacial score (nSPS) is 49.8. The highest BCUT2D eigenvalue weighted by Gasteiger charge is 2.67. The molecule has 15 heavy (non-hydrogen) atoms. The quantitative estimate of drug-likeness (QED) is 0.610. The number of ketones is 1. The lowest BCUT2D eigenvalue weighted by molar-refractivity contribution is -0.148. The van der Waals surface area contributed by atoms with Crippen molar-refractivity contribution < 1.29 is 9.90 Å². The SMILES string of the molecule is CC1(C)[C@@H]2C=CC(=O)[C@@]1(O)[C@H]1C=CC[C@@H]21. The van der Waals surface area contributed by atoms with Gasteiger partial charge in [-0.25, -0.2) is 0 Å². The largest absolute Gasteiger partial charge is 0.380 e. The molecule has 4 atom stereocenters. The monoisotopic (exact) mass is 204 g/mol. The molecular weight excluding hydrogens is 188 g/mol. The van der Waals surface area contributed by atoms with Crippen molar-refractivity contribution >= 4 is 5.78 Å². The summed E-state index contributed by atoms with van der Waals surface area (Å²) in [4.78, 5) is 12.0. The summed E-state index contributed by atoms with van der Waals surface area (Å²) in [5.41, 5.74) is -1.48. The van der Waals surface area contributed by atoms with Gasteiger partial charge in [0.05, 0.1) is 0 Å². The molecule has 0 spiro atoms. The van der Waals surface area contributed by atoms with E-state index in [0.29, 0.717) is 11.8 Å². The van der Waals surface area contributed by atoms with E-state index in [-0.39, 0.29) is 17.1 Å². The molecule has 0 aromatic heterocycles. The van der Waals surface area contributed by atoms with Crippen LogP contribution in [0.5, 0.6) is 0 Å². The second-order valence-corrected chi connectivity index (χ2v) is 5.59. The van der Waals surface area contributed by atoms with E-state index in [9.17, 15) is 9.90 Å². The number of carbonyl (C=O) groups is 1. The van der Waals surface area contributed by atoms with Crippen molar-refractivity contribution in [2.24, 2.45) is 23.2 Å². The fourth-order valence-corrected chi connectivity index (χ4v) is 3.89. The third-order valence-electron chi connectivity index (χ3n) is 4.80. The Morgan fingerprint density at radius 1 is 1.33 bits per heavy atom. The summed E-state index contributed by atoms with van der Waals surface area (Å²) in [5, 5.41) is 10.7. The van der Waals surface area contributed by atoms with Gasteiger partial charge in [-0.1, -0.05) is 32.1 Å². The first-order valence-electron chi connectivity index (χ1n) is 5.61. The highest BCUT2D eigenvalue weighted by molar-refractivity contribution is 6.00. The molecule has 3 aliphatic rings. The van der Waals surface area contributed by atoms with Gasteiger partial charge in [0.2, 0.25) is 0 Å². The number of hydrogen-bond acceptors (Lipinski definition) is 2. The molecule has 0 unspecified atom stereocenters. The summed E-state index contributed by atoms with van der Waals surface area (Å²) in [7, 11) is 0. The molecule has 0 radical (unpaired) electrons. The van der Waals surface area contributed by atoms with Crippen LogP contribution >= 0.6 is 0 Å². The van der Waals surface area contributed by atoms with Gasteiger partial charge in [-0.15, -0.1) is 0 Å². The van der Waals surface area contributed by atoms with E-state index in [1.165, 1.54) is 0 Å². The summed E-state index contributed by atoms with van der Waals surface area (Å²) in [5.74, 6) is 0.677. The molecule has 3 rings (SSSR count). The van der Waals surface area contributed by atoms with Gasteiger partial charge in [-0.2, -0.15) is 0 Å². The zero-order valence-electron chi connectivity index (χ0n) is 9.10. The van der Waals surface area contributed by atoms with E-state index in [1.807, 2.05) is 26.0 Å². The van der Waals surface area contributed by atoms with Crippen LogP contribution in [0.15, 0.2) is 24.3 Å². The van der Waals surface area contributed by atoms with Crippen molar-refractivity contribution in [2.75, 3.05) is 0 Å². The van der Waals surface area contributed by atoms with Crippen LogP contribution in [0.2, 0.25) is 0 Å². The molecule has 0 amide bonds. The Kier molecular flexibility index (Phi) is 1.52. The molecule has 3 aliphatic carbocycles. The van der Waals surface area contributed by atoms with Crippen molar-refractivity contribution in [1.82, 2.24) is 0 Å². The Hall–Kier alpha value is -0.890. The predicted molar refractivity (Wildman–Crippen MR) is 57.1 cm³/mol. The van der Waals surface area contributed by atoms with Crippen molar-refractivity contribution in [1.29, 1.82) is 0 Å². The first-order chi connectivity index (χ1) is 6.99. The van der Waals surface area contributed by atoms with Gasteiger partial charge in [0.1, 0.15) is 5.60 Å². The Bertz CT molecular complexity index is 389. The Morgan fingerprint density at radius 3 is 2.80 bits per heavy atom. The van der Waals surface area contributed by atoms with E-state index in [1.54, 1.807) is 6.08 Å². The van der Waals surface area contributed by atoms with E-state index in [0.717, 1.165) is 6.42 Å². The Morgan fingerprint density at radius 2 is 2.07 bits per heavy atom. The summed E-state index contributed by atoms with van der Waals surface area (Å²) in [6, 6.07) is 0. The summed E-state index contributed by atoms with van der Waals surface area (Å²) in [6.45, 7) is 4.04. The molecule has 0 aromatic carbocycles. The maximum absolute atomic E-state index is 12.0. The van der Waals surface area contributed by atoms with Crippen LogP contribution in [0.1, 0.15) is 20.3 Å². The van der Waals surface area contributed by atoms with Crippen LogP contribution in [0, 0.1) is 23.2 Å². The molecule has 2 heteroatoms. The number of allylic oxidation sites excluding steroid dienone is 2. The minimum absolute atomic E-state index is 0.0278. The van der Waals surface area contributed by atoms with Crippen LogP contribution in [-0.2, 0) is 4.79 Å². The minimum atomic E-state index is -1.16. The zero-order valence-corrected chi connectivity index (χ0v) is 9.10. The molecule has 0 aliphatic heterocycles. The molecular formula is C13H16O2. The molecule has 0 heterocycles. The summed E-state index contributed by atoms with van der Waals surface area (Å²) >= 11 is 0. The number of rotatable bonds is 0. The Balaban J connectivity index is 2.23. The lowest BCUT2D eigenvalue weighted by Crippen LogP contribution is -2.53. The first-order valence-corrected chi connectivity index (χ1v) is 5.61. The molecule has 0 aromatic rings. The highest BCUT2D eigenvalue weighted by Crippen LogP contribution is 2.62. The number of fused-ring (bicyclic) bond motifs is 5. The van der Waals surface area contributed by atoms with E-state index in [4.69, 9.17) is 0 Å². The van der Waals surface area contributed by atoms with Gasteiger partial charge in [0.25, 0.3) is 0 Å². The minimum Gasteiger partial charge on any atom is -0.380 e. The van der Waals surface area contributed by atoms with Gasteiger partial charge in [0.15, 0.2) is 5.78 Å².